The summed E-state index contributed by atoms with van der Waals surface area (Å²) in [6, 6.07) is 20.1. The standard InChI is InChI=1S/C38H36FN13O4/c1-56-35(55)30(18-23-5-7-24(20-40)8-6-23)47-38-49-36(43-21-31-45-28-10-9-26(39)19-29(28)46-31)48-37(50-38)44-27-4-2-3-25(17-27)22-51-13-15-52(16-14-51)34(54)32-33(53)42-12-11-41-32/h2-12,17,19,30H,13-16,18,21-22H2,1H3,(H,42,53)(H,45,46)(H3,43,44,47,48,49,50)/t30-/m0/s1. The molecule has 3 aromatic heterocycles. The molecule has 4 heterocycles. The zero-order valence-electron chi connectivity index (χ0n) is 30.1. The molecule has 284 valence electrons. The molecule has 0 saturated carbocycles. The molecule has 6 aromatic rings. The Morgan fingerprint density at radius 2 is 1.71 bits per heavy atom. The molecule has 18 heteroatoms. The van der Waals surface area contributed by atoms with E-state index in [0.717, 1.165) is 11.1 Å². The highest BCUT2D eigenvalue weighted by atomic mass is 19.1. The molecule has 0 unspecified atom stereocenters. The van der Waals surface area contributed by atoms with Crippen molar-refractivity contribution >= 4 is 46.4 Å². The van der Waals surface area contributed by atoms with Gasteiger partial charge in [-0.25, -0.2) is 24.1 Å². The van der Waals surface area contributed by atoms with Crippen LogP contribution in [0, 0.1) is 17.1 Å². The van der Waals surface area contributed by atoms with E-state index in [2.05, 4.69) is 61.8 Å². The van der Waals surface area contributed by atoms with Crippen LogP contribution in [0.2, 0.25) is 0 Å². The van der Waals surface area contributed by atoms with Gasteiger partial charge in [-0.1, -0.05) is 24.3 Å². The highest BCUT2D eigenvalue weighted by Gasteiger charge is 2.26. The number of hydrogen-bond donors (Lipinski definition) is 5. The van der Waals surface area contributed by atoms with Crippen molar-refractivity contribution in [3.05, 3.63) is 113 Å². The van der Waals surface area contributed by atoms with Crippen molar-refractivity contribution in [1.29, 1.82) is 5.26 Å². The molecular weight excluding hydrogens is 722 g/mol. The maximum Gasteiger partial charge on any atom is 0.328 e. The third kappa shape index (κ3) is 9.09. The van der Waals surface area contributed by atoms with E-state index >= 15 is 0 Å². The Morgan fingerprint density at radius 1 is 0.946 bits per heavy atom. The van der Waals surface area contributed by atoms with Crippen LogP contribution in [0.1, 0.15) is 33.0 Å². The number of nitriles is 1. The van der Waals surface area contributed by atoms with Gasteiger partial charge in [0.1, 0.15) is 17.7 Å². The Kier molecular flexibility index (Phi) is 11.1. The van der Waals surface area contributed by atoms with Gasteiger partial charge in [-0.05, 0) is 47.5 Å². The number of rotatable bonds is 13. The van der Waals surface area contributed by atoms with Crippen molar-refractivity contribution in [1.82, 2.24) is 44.7 Å². The second-order valence-electron chi connectivity index (χ2n) is 12.9. The number of ether oxygens (including phenoxy) is 1. The van der Waals surface area contributed by atoms with Crippen molar-refractivity contribution < 1.29 is 23.8 Å². The normalized spacial score (nSPS) is 13.5. The minimum absolute atomic E-state index is 0.0619. The third-order valence-corrected chi connectivity index (χ3v) is 8.99. The third-order valence-electron chi connectivity index (χ3n) is 8.99. The monoisotopic (exact) mass is 757 g/mol. The van der Waals surface area contributed by atoms with Gasteiger partial charge in [0.05, 0.1) is 36.3 Å². The summed E-state index contributed by atoms with van der Waals surface area (Å²) >= 11 is 0. The van der Waals surface area contributed by atoms with E-state index in [-0.39, 0.29) is 48.3 Å². The smallest absolute Gasteiger partial charge is 0.328 e. The number of carbonyl (C=O) groups excluding carboxylic acids is 2. The number of piperazine rings is 1. The average Bonchev–Trinajstić information content (AvgIpc) is 3.62. The van der Waals surface area contributed by atoms with Crippen molar-refractivity contribution in [3.63, 3.8) is 0 Å². The van der Waals surface area contributed by atoms with Crippen molar-refractivity contribution in [3.8, 4) is 11.9 Å². The van der Waals surface area contributed by atoms with Crippen LogP contribution in [0.25, 0.3) is 11.0 Å². The fraction of sp³-hybridized carbons (Fsp3) is 0.237. The van der Waals surface area contributed by atoms with Gasteiger partial charge >= 0.3 is 5.97 Å². The van der Waals surface area contributed by atoms with Crippen LogP contribution in [0.3, 0.4) is 0 Å². The predicted octanol–water partition coefficient (Wildman–Crippen LogP) is 3.76. The Balaban J connectivity index is 1.07. The van der Waals surface area contributed by atoms with Crippen LogP contribution in [0.5, 0.6) is 5.88 Å². The minimum Gasteiger partial charge on any atom is -0.492 e. The van der Waals surface area contributed by atoms with E-state index in [9.17, 15) is 24.3 Å². The van der Waals surface area contributed by atoms with Gasteiger partial charge in [-0.15, -0.1) is 0 Å². The molecule has 5 N–H and O–H groups in total. The van der Waals surface area contributed by atoms with Crippen LogP contribution in [-0.4, -0.2) is 101 Å². The minimum atomic E-state index is -0.883. The van der Waals surface area contributed by atoms with Gasteiger partial charge < -0.3 is 35.7 Å². The van der Waals surface area contributed by atoms with E-state index in [1.807, 2.05) is 24.3 Å². The van der Waals surface area contributed by atoms with E-state index in [1.54, 1.807) is 35.2 Å². The Morgan fingerprint density at radius 3 is 2.48 bits per heavy atom. The molecule has 0 radical (unpaired) electrons. The zero-order chi connectivity index (χ0) is 39.0. The van der Waals surface area contributed by atoms with Gasteiger partial charge in [0, 0.05) is 63.3 Å². The number of carbonyl (C=O) groups is 2. The number of halogens is 1. The number of imidazole rings is 1. The summed E-state index contributed by atoms with van der Waals surface area (Å²) in [6.07, 6.45) is 2.93. The lowest BCUT2D eigenvalue weighted by Gasteiger charge is -2.34. The van der Waals surface area contributed by atoms with Gasteiger partial charge in [0.25, 0.3) is 5.91 Å². The number of nitrogens with one attached hydrogen (secondary N) is 4. The summed E-state index contributed by atoms with van der Waals surface area (Å²) in [5, 5.41) is 28.6. The van der Waals surface area contributed by atoms with Gasteiger partial charge in [-0.3, -0.25) is 9.69 Å². The lowest BCUT2D eigenvalue weighted by atomic mass is 10.0. The first kappa shape index (κ1) is 37.1. The van der Waals surface area contributed by atoms with Crippen LogP contribution >= 0.6 is 0 Å². The molecule has 1 atom stereocenters. The lowest BCUT2D eigenvalue weighted by molar-refractivity contribution is -0.141. The molecule has 7 rings (SSSR count). The number of methoxy groups -OCH3 is 1. The number of hydrogen-bond acceptors (Lipinski definition) is 15. The second kappa shape index (κ2) is 16.8. The maximum absolute atomic E-state index is 13.8. The number of fused-ring (bicyclic) bond motifs is 1. The van der Waals surface area contributed by atoms with Gasteiger partial charge in [-0.2, -0.15) is 20.2 Å². The largest absolute Gasteiger partial charge is 0.492 e. The van der Waals surface area contributed by atoms with Crippen molar-refractivity contribution in [2.75, 3.05) is 49.2 Å². The number of nitrogens with zero attached hydrogens (tertiary/aromatic N) is 9. The molecule has 0 bridgehead atoms. The summed E-state index contributed by atoms with van der Waals surface area (Å²) in [5.41, 5.74) is 4.06. The van der Waals surface area contributed by atoms with E-state index in [1.165, 1.54) is 31.6 Å². The van der Waals surface area contributed by atoms with Crippen molar-refractivity contribution in [2.45, 2.75) is 25.6 Å². The maximum atomic E-state index is 13.8. The molecule has 3 aromatic carbocycles. The van der Waals surface area contributed by atoms with E-state index in [4.69, 9.17) is 4.74 Å². The van der Waals surface area contributed by atoms with Crippen LogP contribution < -0.4 is 16.0 Å². The first-order valence-electron chi connectivity index (χ1n) is 17.6. The number of amides is 1. The van der Waals surface area contributed by atoms with Gasteiger partial charge in [0.2, 0.25) is 23.7 Å². The number of aromatic hydroxyl groups is 1. The number of benzene rings is 3. The summed E-state index contributed by atoms with van der Waals surface area (Å²) < 4.78 is 18.9. The quantitative estimate of drug-likeness (QED) is 0.106. The first-order chi connectivity index (χ1) is 27.2. The van der Waals surface area contributed by atoms with Crippen LogP contribution in [0.15, 0.2) is 79.1 Å². The predicted molar refractivity (Wildman–Crippen MR) is 202 cm³/mol. The molecule has 56 heavy (non-hydrogen) atoms. The highest BCUT2D eigenvalue weighted by molar-refractivity contribution is 5.94. The van der Waals surface area contributed by atoms with E-state index < -0.39 is 17.8 Å². The molecule has 0 spiro atoms. The number of esters is 1. The molecule has 17 nitrogen and oxygen atoms in total. The van der Waals surface area contributed by atoms with Crippen LogP contribution in [0.4, 0.5) is 27.9 Å². The molecule has 1 aliphatic heterocycles. The number of anilines is 4. The van der Waals surface area contributed by atoms with Gasteiger partial charge in [0.15, 0.2) is 5.69 Å². The number of aromatic amines is 1. The summed E-state index contributed by atoms with van der Waals surface area (Å²) in [7, 11) is 1.29. The second-order valence-corrected chi connectivity index (χ2v) is 12.9. The SMILES string of the molecule is COC(=O)[C@H](Cc1ccc(C#N)cc1)Nc1nc(NCc2nc3cc(F)ccc3[nH]2)nc(Nc2cccc(CN3CCN(C(=O)c4nccnc4O)CC3)c2)n1. The molecule has 1 fully saturated rings. The summed E-state index contributed by atoms with van der Waals surface area (Å²) in [4.78, 5) is 58.7. The first-order valence-corrected chi connectivity index (χ1v) is 17.6. The summed E-state index contributed by atoms with van der Waals surface area (Å²) in [5.74, 6) is -0.740. The Labute approximate surface area is 319 Å². The topological polar surface area (TPSA) is 223 Å². The zero-order valence-corrected chi connectivity index (χ0v) is 30.1. The van der Waals surface area contributed by atoms with Crippen molar-refractivity contribution in [2.24, 2.45) is 0 Å². The fourth-order valence-electron chi connectivity index (χ4n) is 6.17. The molecule has 0 aliphatic carbocycles. The fourth-order valence-corrected chi connectivity index (χ4v) is 6.17. The Hall–Kier alpha value is -7.26. The molecule has 1 aliphatic rings. The van der Waals surface area contributed by atoms with E-state index in [0.29, 0.717) is 60.8 Å². The lowest BCUT2D eigenvalue weighted by Crippen LogP contribution is -2.48. The molecule has 1 amide bonds. The van der Waals surface area contributed by atoms with Crippen LogP contribution in [-0.2, 0) is 29.0 Å². The molecular formula is C38H36FN13O4. The number of aromatic nitrogens is 7. The highest BCUT2D eigenvalue weighted by Crippen LogP contribution is 2.22. The average molecular weight is 758 g/mol. The summed E-state index contributed by atoms with van der Waals surface area (Å²) in [6.45, 7) is 2.94. The molecule has 1 saturated heterocycles. The Bertz CT molecular complexity index is 2390. The number of H-pyrrole nitrogens is 1.